The molecule has 0 fully saturated rings. The Hall–Kier alpha value is -15.3. The van der Waals surface area contributed by atoms with Gasteiger partial charge in [0, 0.05) is 190 Å². The average molecular weight is 1840 g/mol. The van der Waals surface area contributed by atoms with Crippen LogP contribution >= 0.6 is 70.2 Å². The number of nitrogens with one attached hydrogen (secondary N) is 6. The van der Waals surface area contributed by atoms with Gasteiger partial charge in [-0.05, 0) is 173 Å². The smallest absolute Gasteiger partial charge is 0.229 e. The molecule has 0 amide bonds. The summed E-state index contributed by atoms with van der Waals surface area (Å²) < 4.78 is 49.2. The summed E-state index contributed by atoms with van der Waals surface area (Å²) in [4.78, 5) is 72.0. The number of nitrogens with two attached hydrogens (primary N) is 4. The number of halogens is 5. The van der Waals surface area contributed by atoms with E-state index in [1.165, 1.54) is 17.8 Å². The van der Waals surface area contributed by atoms with Gasteiger partial charge in [0.05, 0.1) is 38.2 Å². The van der Waals surface area contributed by atoms with Crippen LogP contribution in [0.4, 0.5) is 106 Å². The first-order chi connectivity index (χ1) is 63.1. The topological polar surface area (TPSA) is 392 Å². The molecule has 0 bridgehead atoms. The second kappa shape index (κ2) is 44.7. The fraction of sp³-hybridized carbons (Fsp3) is 0.0426. The molecule has 0 aliphatic carbocycles. The van der Waals surface area contributed by atoms with Gasteiger partial charge in [-0.25, -0.2) is 43.1 Å². The number of nitrogens with zero attached hydrogens (tertiary/aromatic N) is 16. The predicted octanol–water partition coefficient (Wildman–Crippen LogP) is 23.7. The van der Waals surface area contributed by atoms with E-state index < -0.39 is 11.6 Å². The molecule has 0 aliphatic rings. The van der Waals surface area contributed by atoms with Crippen LogP contribution in [0.2, 0.25) is 10.0 Å². The zero-order valence-electron chi connectivity index (χ0n) is 69.3. The molecular formula is C94H77Cl2F3N26OS4. The number of hydrogen-bond acceptors (Lipinski definition) is 31. The van der Waals surface area contributed by atoms with Crippen molar-refractivity contribution in [2.75, 3.05) is 54.8 Å². The molecule has 0 spiro atoms. The summed E-state index contributed by atoms with van der Waals surface area (Å²) in [6, 6.07) is 73.9. The van der Waals surface area contributed by atoms with Gasteiger partial charge in [-0.3, -0.25) is 24.9 Å². The SMILES string of the molecule is Cc1cc(Nc2cc(Cl)c(Oc3cccc4cnccc34)c(Cl)c2)nc(N)n1.Cc1cc(Nc2cc(F)c(Sc3ccncc3)cc2F)nc(N)n1.Cc1cc(Nc2ccc(Sc3ccncc3)c(F)c2)nc(Nc2ccccc2)n1.Cc1cc(Nc2ccc(Sc3ccncc3)nc2)nc(N)n1.Nc1nc(Nc2ccc(Sc3ccncc3)cc2)cc(-c2ccccc2)n1. The summed E-state index contributed by atoms with van der Waals surface area (Å²) >= 11 is 18.6. The molecule has 11 aromatic heterocycles. The highest BCUT2D eigenvalue weighted by atomic mass is 35.5. The summed E-state index contributed by atoms with van der Waals surface area (Å²) in [6.45, 7) is 7.32. The molecule has 18 aromatic rings. The van der Waals surface area contributed by atoms with Gasteiger partial charge in [-0.15, -0.1) is 0 Å². The van der Waals surface area contributed by atoms with Gasteiger partial charge in [0.1, 0.15) is 57.3 Å². The maximum Gasteiger partial charge on any atom is 0.229 e. The molecule has 0 saturated carbocycles. The van der Waals surface area contributed by atoms with Crippen molar-refractivity contribution in [3.05, 3.63) is 361 Å². The van der Waals surface area contributed by atoms with E-state index in [0.717, 1.165) is 110 Å². The molecule has 36 heteroatoms. The second-order valence-corrected chi connectivity index (χ2v) is 32.9. The number of benzene rings is 7. The molecule has 7 aromatic carbocycles. The summed E-state index contributed by atoms with van der Waals surface area (Å²) in [6.07, 6.45) is 18.9. The van der Waals surface area contributed by atoms with E-state index in [-0.39, 0.29) is 40.2 Å². The molecule has 0 radical (unpaired) electrons. The molecule has 0 aliphatic heterocycles. The second-order valence-electron chi connectivity index (χ2n) is 27.6. The zero-order chi connectivity index (χ0) is 90.7. The van der Waals surface area contributed by atoms with Crippen molar-refractivity contribution in [3.8, 4) is 22.8 Å². The molecule has 0 unspecified atom stereocenters. The number of anilines is 16. The molecule has 0 atom stereocenters. The molecule has 14 N–H and O–H groups in total. The van der Waals surface area contributed by atoms with Crippen LogP contribution in [0.25, 0.3) is 22.0 Å². The lowest BCUT2D eigenvalue weighted by Crippen LogP contribution is -2.03. The van der Waals surface area contributed by atoms with Gasteiger partial charge in [0.2, 0.25) is 29.7 Å². The van der Waals surface area contributed by atoms with Gasteiger partial charge in [0.15, 0.2) is 5.75 Å². The van der Waals surface area contributed by atoms with Crippen LogP contribution in [0.5, 0.6) is 11.5 Å². The number of para-hydroxylation sites is 1. The van der Waals surface area contributed by atoms with Crippen molar-refractivity contribution in [2.24, 2.45) is 0 Å². The maximum absolute atomic E-state index is 14.6. The lowest BCUT2D eigenvalue weighted by molar-refractivity contribution is 0.489. The van der Waals surface area contributed by atoms with E-state index >= 15 is 0 Å². The van der Waals surface area contributed by atoms with Crippen LogP contribution in [0, 0.1) is 45.1 Å². The number of aromatic nitrogens is 16. The van der Waals surface area contributed by atoms with Gasteiger partial charge >= 0.3 is 0 Å². The third-order valence-electron chi connectivity index (χ3n) is 17.6. The van der Waals surface area contributed by atoms with Crippen LogP contribution in [-0.4, -0.2) is 79.7 Å². The highest BCUT2D eigenvalue weighted by Crippen LogP contribution is 2.42. The lowest BCUT2D eigenvalue weighted by atomic mass is 10.1. The third-order valence-corrected chi connectivity index (χ3v) is 22.2. The minimum atomic E-state index is -0.595. The van der Waals surface area contributed by atoms with Gasteiger partial charge < -0.3 is 59.6 Å². The predicted molar refractivity (Wildman–Crippen MR) is 513 cm³/mol. The molecule has 130 heavy (non-hydrogen) atoms. The normalized spacial score (nSPS) is 10.6. The fourth-order valence-electron chi connectivity index (χ4n) is 12.0. The van der Waals surface area contributed by atoms with Crippen LogP contribution in [0.1, 0.15) is 22.8 Å². The Balaban J connectivity index is 0.000000132. The van der Waals surface area contributed by atoms with Crippen molar-refractivity contribution in [1.29, 1.82) is 0 Å². The van der Waals surface area contributed by atoms with Crippen molar-refractivity contribution in [3.63, 3.8) is 0 Å². The number of fused-ring (bicyclic) bond motifs is 1. The van der Waals surface area contributed by atoms with E-state index in [2.05, 4.69) is 124 Å². The van der Waals surface area contributed by atoms with Crippen LogP contribution in [0.3, 0.4) is 0 Å². The molecule has 648 valence electrons. The number of nitrogen functional groups attached to an aromatic ring is 4. The van der Waals surface area contributed by atoms with Crippen LogP contribution < -0.4 is 59.6 Å². The summed E-state index contributed by atoms with van der Waals surface area (Å²) in [7, 11) is 0. The molecule has 18 rings (SSSR count). The van der Waals surface area contributed by atoms with Crippen LogP contribution in [0.15, 0.2) is 350 Å². The van der Waals surface area contributed by atoms with Crippen LogP contribution in [-0.2, 0) is 0 Å². The van der Waals surface area contributed by atoms with Crippen molar-refractivity contribution >= 4 is 174 Å². The summed E-state index contributed by atoms with van der Waals surface area (Å²) in [5, 5.41) is 22.1. The van der Waals surface area contributed by atoms with Gasteiger partial charge in [-0.2, -0.15) is 24.9 Å². The third kappa shape index (κ3) is 27.3. The Kier molecular flexibility index (Phi) is 31.3. The first-order valence-corrected chi connectivity index (χ1v) is 43.4. The lowest BCUT2D eigenvalue weighted by Gasteiger charge is -2.14. The van der Waals surface area contributed by atoms with E-state index in [1.807, 2.05) is 191 Å². The first kappa shape index (κ1) is 90.9. The molecule has 11 heterocycles. The highest BCUT2D eigenvalue weighted by molar-refractivity contribution is 8.00. The van der Waals surface area contributed by atoms with E-state index in [9.17, 15) is 13.2 Å². The molecular weight excluding hydrogens is 1770 g/mol. The minimum absolute atomic E-state index is 0.0240. The fourth-order valence-corrected chi connectivity index (χ4v) is 15.7. The Morgan fingerprint density at radius 2 is 0.777 bits per heavy atom. The molecule has 0 saturated heterocycles. The number of ether oxygens (including phenoxy) is 1. The monoisotopic (exact) mass is 1840 g/mol. The van der Waals surface area contributed by atoms with E-state index in [4.69, 9.17) is 50.9 Å². The quantitative estimate of drug-likeness (QED) is 0.0284. The van der Waals surface area contributed by atoms with E-state index in [1.54, 1.807) is 141 Å². The Bertz CT molecular complexity index is 6760. The number of hydrogen-bond donors (Lipinski definition) is 10. The highest BCUT2D eigenvalue weighted by Gasteiger charge is 2.18. The van der Waals surface area contributed by atoms with Gasteiger partial charge in [-0.1, -0.05) is 131 Å². The number of pyridine rings is 6. The number of rotatable bonds is 23. The standard InChI is InChI=1S/C22H18FN5S.C21H17N5S.C20H15Cl2N5O.C16H13F2N5S.C15H14N6S/c1-15-13-21(28-22(25-15)27-16-5-3-2-4-6-16)26-17-7-8-20(19(23)14-17)29-18-9-11-24-12-10-18;22-21-25-19(15-4-2-1-3-5-15)14-20(26-21)24-16-6-8-17(9-7-16)27-18-10-12-23-13-11-18;1-11-7-18(27-20(23)25-11)26-13-8-15(21)19(16(22)9-13)28-17-4-2-3-12-10-24-6-5-14(12)17;1-9-6-15(23-16(19)21-9)22-13-7-12(18)14(8-11(13)17)24-10-2-4-20-5-3-10;1-10-8-13(21-15(16)19-10)20-11-2-3-14(18-9-11)22-12-4-6-17-7-5-12/h2-14H,1H3,(H2,25,26,27,28);1-14H,(H3,22,24,25,26);2-10H,1H3,(H3,23,25,26,27);2-8H,1H3,(H3,19,21,22,23);2-9H,1H3,(H3,16,19,20,21). The zero-order valence-corrected chi connectivity index (χ0v) is 74.1. The number of aryl methyl sites for hydroxylation is 4. The van der Waals surface area contributed by atoms with Crippen molar-refractivity contribution < 1.29 is 17.9 Å². The summed E-state index contributed by atoms with van der Waals surface area (Å²) in [5.41, 5.74) is 31.5. The molecule has 27 nitrogen and oxygen atoms in total. The minimum Gasteiger partial charge on any atom is -0.454 e. The maximum atomic E-state index is 14.6. The Morgan fingerprint density at radius 3 is 1.34 bits per heavy atom. The largest absolute Gasteiger partial charge is 0.454 e. The Labute approximate surface area is 771 Å². The van der Waals surface area contributed by atoms with Crippen molar-refractivity contribution in [2.45, 2.75) is 67.0 Å². The average Bonchev–Trinajstić information content (AvgIpc) is 0.861. The Morgan fingerprint density at radius 1 is 0.323 bits per heavy atom. The first-order valence-electron chi connectivity index (χ1n) is 39.3. The van der Waals surface area contributed by atoms with E-state index in [0.29, 0.717) is 78.5 Å². The van der Waals surface area contributed by atoms with Crippen molar-refractivity contribution in [1.82, 2.24) is 79.7 Å². The van der Waals surface area contributed by atoms with Gasteiger partial charge in [0.25, 0.3) is 0 Å². The summed E-state index contributed by atoms with van der Waals surface area (Å²) in [5.74, 6) is 3.54.